The van der Waals surface area contributed by atoms with E-state index < -0.39 is 0 Å². The zero-order valence-corrected chi connectivity index (χ0v) is 19.5. The number of carbonyl (C=O) groups excluding carboxylic acids is 3. The Kier molecular flexibility index (Phi) is 7.29. The lowest BCUT2D eigenvalue weighted by Crippen LogP contribution is -2.37. The van der Waals surface area contributed by atoms with Gasteiger partial charge < -0.3 is 5.32 Å². The molecule has 1 fully saturated rings. The number of thiophene rings is 2. The van der Waals surface area contributed by atoms with E-state index in [4.69, 9.17) is 0 Å². The molecule has 1 aromatic carbocycles. The van der Waals surface area contributed by atoms with Crippen LogP contribution in [0.25, 0.3) is 6.08 Å². The monoisotopic (exact) mass is 486 g/mol. The normalized spacial score (nSPS) is 15.1. The van der Waals surface area contributed by atoms with Gasteiger partial charge in [0.25, 0.3) is 17.1 Å². The fraction of sp³-hybridized carbons (Fsp3) is 0.136. The first kappa shape index (κ1) is 21.9. The average molecular weight is 487 g/mol. The Morgan fingerprint density at radius 3 is 2.61 bits per heavy atom. The summed E-state index contributed by atoms with van der Waals surface area (Å²) in [5, 5.41) is 6.48. The molecule has 9 heteroatoms. The smallest absolute Gasteiger partial charge is 0.293 e. The number of imide groups is 1. The Morgan fingerprint density at radius 1 is 1.03 bits per heavy atom. The van der Waals surface area contributed by atoms with Crippen molar-refractivity contribution in [3.63, 3.8) is 0 Å². The van der Waals surface area contributed by atoms with Crippen LogP contribution in [0.4, 0.5) is 4.79 Å². The predicted octanol–water partition coefficient (Wildman–Crippen LogP) is 5.57. The van der Waals surface area contributed by atoms with E-state index in [1.165, 1.54) is 21.1 Å². The summed E-state index contributed by atoms with van der Waals surface area (Å²) in [4.78, 5) is 42.2. The van der Waals surface area contributed by atoms with Gasteiger partial charge in [-0.15, -0.1) is 34.4 Å². The van der Waals surface area contributed by atoms with Gasteiger partial charge in [-0.1, -0.05) is 24.3 Å². The van der Waals surface area contributed by atoms with Crippen LogP contribution < -0.4 is 5.32 Å². The van der Waals surface area contributed by atoms with Crippen LogP contribution in [0.3, 0.4) is 0 Å². The summed E-state index contributed by atoms with van der Waals surface area (Å²) >= 11 is 5.75. The van der Waals surface area contributed by atoms with Crippen LogP contribution in [-0.2, 0) is 10.5 Å². The van der Waals surface area contributed by atoms with Crippen molar-refractivity contribution < 1.29 is 14.4 Å². The molecule has 3 heterocycles. The molecule has 0 radical (unpaired) electrons. The van der Waals surface area contributed by atoms with E-state index in [-0.39, 0.29) is 30.1 Å². The Morgan fingerprint density at radius 2 is 1.84 bits per heavy atom. The number of hydrogen-bond acceptors (Lipinski definition) is 7. The fourth-order valence-electron chi connectivity index (χ4n) is 2.90. The molecule has 0 atom stereocenters. The Balaban J connectivity index is 1.33. The summed E-state index contributed by atoms with van der Waals surface area (Å²) in [7, 11) is 0. The van der Waals surface area contributed by atoms with Crippen molar-refractivity contribution in [1.82, 2.24) is 10.2 Å². The first-order valence-corrected chi connectivity index (χ1v) is 13.0. The third-order valence-corrected chi connectivity index (χ3v) is 8.30. The fourth-order valence-corrected chi connectivity index (χ4v) is 6.31. The second kappa shape index (κ2) is 10.3. The molecule has 31 heavy (non-hydrogen) atoms. The quantitative estimate of drug-likeness (QED) is 0.333. The van der Waals surface area contributed by atoms with Crippen LogP contribution in [0.5, 0.6) is 0 Å². The van der Waals surface area contributed by atoms with Crippen LogP contribution in [0.15, 0.2) is 69.1 Å². The zero-order valence-electron chi connectivity index (χ0n) is 16.3. The van der Waals surface area contributed by atoms with Gasteiger partial charge in [-0.2, -0.15) is 0 Å². The second-order valence-electron chi connectivity index (χ2n) is 6.47. The molecule has 0 saturated carbocycles. The van der Waals surface area contributed by atoms with E-state index in [2.05, 4.69) is 11.4 Å². The number of thioether (sulfide) groups is 2. The first-order chi connectivity index (χ1) is 15.1. The summed E-state index contributed by atoms with van der Waals surface area (Å²) in [5.41, 5.74) is 0.593. The van der Waals surface area contributed by atoms with Crippen molar-refractivity contribution in [2.24, 2.45) is 0 Å². The highest BCUT2D eigenvalue weighted by atomic mass is 32.2. The summed E-state index contributed by atoms with van der Waals surface area (Å²) in [5.74, 6) is 0.273. The van der Waals surface area contributed by atoms with Crippen molar-refractivity contribution in [2.45, 2.75) is 10.6 Å². The number of amides is 3. The van der Waals surface area contributed by atoms with Gasteiger partial charge in [0.1, 0.15) is 0 Å². The number of benzene rings is 1. The van der Waals surface area contributed by atoms with Crippen molar-refractivity contribution in [3.8, 4) is 0 Å². The number of carbonyl (C=O) groups is 3. The van der Waals surface area contributed by atoms with Crippen LogP contribution in [0.2, 0.25) is 0 Å². The number of rotatable bonds is 8. The minimum atomic E-state index is -0.315. The van der Waals surface area contributed by atoms with Crippen LogP contribution in [0.1, 0.15) is 20.1 Å². The van der Waals surface area contributed by atoms with Crippen molar-refractivity contribution in [1.29, 1.82) is 0 Å². The maximum absolute atomic E-state index is 12.7. The minimum Gasteiger partial charge on any atom is -0.350 e. The summed E-state index contributed by atoms with van der Waals surface area (Å²) in [6.45, 7) is 0.343. The first-order valence-electron chi connectivity index (χ1n) is 9.43. The standard InChI is InChI=1S/C22H18N2O3S4/c25-20(17-7-1-2-8-18(17)30-14-16-6-4-12-29-16)23-9-10-24-21(26)19(31-22(24)27)13-15-5-3-11-28-15/h1-8,11-13H,9-10,14H2,(H,23,25)/b19-13-. The van der Waals surface area contributed by atoms with Gasteiger partial charge in [-0.3, -0.25) is 19.3 Å². The molecular formula is C22H18N2O3S4. The lowest BCUT2D eigenvalue weighted by atomic mass is 10.2. The molecule has 5 nitrogen and oxygen atoms in total. The number of nitrogens with one attached hydrogen (secondary N) is 1. The van der Waals surface area contributed by atoms with Crippen molar-refractivity contribution >= 4 is 69.3 Å². The van der Waals surface area contributed by atoms with Crippen LogP contribution in [0, 0.1) is 0 Å². The molecule has 1 aliphatic heterocycles. The molecule has 0 bridgehead atoms. The highest BCUT2D eigenvalue weighted by molar-refractivity contribution is 8.18. The van der Waals surface area contributed by atoms with Gasteiger partial charge >= 0.3 is 0 Å². The molecule has 0 spiro atoms. The molecule has 3 amide bonds. The van der Waals surface area contributed by atoms with Crippen molar-refractivity contribution in [3.05, 3.63) is 79.5 Å². The minimum absolute atomic E-state index is 0.142. The third-order valence-electron chi connectivity index (χ3n) is 4.39. The van der Waals surface area contributed by atoms with Crippen molar-refractivity contribution in [2.75, 3.05) is 13.1 Å². The molecule has 0 unspecified atom stereocenters. The van der Waals surface area contributed by atoms with Gasteiger partial charge in [0.2, 0.25) is 0 Å². The van der Waals surface area contributed by atoms with Gasteiger partial charge in [-0.25, -0.2) is 0 Å². The SMILES string of the molecule is O=C(NCCN1C(=O)S/C(=C\c2cccs2)C1=O)c1ccccc1SCc1cccs1. The molecule has 4 rings (SSSR count). The van der Waals surface area contributed by atoms with E-state index in [1.54, 1.807) is 35.2 Å². The number of nitrogens with zero attached hydrogens (tertiary/aromatic N) is 1. The van der Waals surface area contributed by atoms with Crippen LogP contribution in [-0.4, -0.2) is 35.0 Å². The zero-order chi connectivity index (χ0) is 21.6. The van der Waals surface area contributed by atoms with Gasteiger partial charge in [0.05, 0.1) is 10.5 Å². The topological polar surface area (TPSA) is 66.5 Å². The third kappa shape index (κ3) is 5.48. The van der Waals surface area contributed by atoms with Gasteiger partial charge in [0, 0.05) is 33.5 Å². The molecule has 0 aliphatic carbocycles. The Bertz CT molecular complexity index is 1110. The van der Waals surface area contributed by atoms with E-state index >= 15 is 0 Å². The summed E-state index contributed by atoms with van der Waals surface area (Å²) < 4.78 is 0. The number of hydrogen-bond donors (Lipinski definition) is 1. The maximum atomic E-state index is 12.7. The predicted molar refractivity (Wildman–Crippen MR) is 130 cm³/mol. The highest BCUT2D eigenvalue weighted by Gasteiger charge is 2.34. The highest BCUT2D eigenvalue weighted by Crippen LogP contribution is 2.32. The molecule has 158 valence electrons. The summed E-state index contributed by atoms with van der Waals surface area (Å²) in [6, 6.07) is 15.3. The Hall–Kier alpha value is -2.33. The maximum Gasteiger partial charge on any atom is 0.293 e. The van der Waals surface area contributed by atoms with E-state index in [0.717, 1.165) is 27.3 Å². The van der Waals surface area contributed by atoms with Gasteiger partial charge in [0.15, 0.2) is 0 Å². The molecular weight excluding hydrogens is 469 g/mol. The second-order valence-corrected chi connectivity index (χ2v) is 10.5. The molecule has 1 saturated heterocycles. The molecule has 1 aliphatic rings. The summed E-state index contributed by atoms with van der Waals surface area (Å²) in [6.07, 6.45) is 1.73. The largest absolute Gasteiger partial charge is 0.350 e. The van der Waals surface area contributed by atoms with E-state index in [0.29, 0.717) is 10.5 Å². The lowest BCUT2D eigenvalue weighted by Gasteiger charge is -2.14. The Labute approximate surface area is 196 Å². The molecule has 3 aromatic rings. The molecule has 1 N–H and O–H groups in total. The lowest BCUT2D eigenvalue weighted by molar-refractivity contribution is -0.122. The van der Waals surface area contributed by atoms with E-state index in [1.807, 2.05) is 47.2 Å². The van der Waals surface area contributed by atoms with Gasteiger partial charge in [-0.05, 0) is 52.9 Å². The van der Waals surface area contributed by atoms with Crippen LogP contribution >= 0.6 is 46.2 Å². The molecule has 2 aromatic heterocycles. The average Bonchev–Trinajstić information content (AvgIpc) is 3.52. The van der Waals surface area contributed by atoms with E-state index in [9.17, 15) is 14.4 Å².